The fraction of sp³-hybridized carbons (Fsp3) is 0.273. The first-order valence-corrected chi connectivity index (χ1v) is 10.7. The van der Waals surface area contributed by atoms with Crippen molar-refractivity contribution in [3.05, 3.63) is 59.3 Å². The molecule has 0 saturated heterocycles. The number of aromatic nitrogens is 4. The van der Waals surface area contributed by atoms with Crippen molar-refractivity contribution < 1.29 is 19.0 Å². The molecule has 3 aromatic heterocycles. The van der Waals surface area contributed by atoms with Crippen molar-refractivity contribution in [2.24, 2.45) is 0 Å². The van der Waals surface area contributed by atoms with Gasteiger partial charge in [-0.3, -0.25) is 4.79 Å². The lowest BCUT2D eigenvalue weighted by molar-refractivity contribution is 0.102. The van der Waals surface area contributed by atoms with Gasteiger partial charge in [-0.25, -0.2) is 9.97 Å². The SMILES string of the molecule is COCc1nc(OC)c2c(C)c(C(=O)Nc3ccccc3OCCn3ccnc3)sc2n1. The minimum Gasteiger partial charge on any atom is -0.490 e. The van der Waals surface area contributed by atoms with E-state index in [4.69, 9.17) is 14.2 Å². The topological polar surface area (TPSA) is 100 Å². The number of nitrogens with zero attached hydrogens (tertiary/aromatic N) is 4. The molecular formula is C22H23N5O4S. The third-order valence-electron chi connectivity index (χ3n) is 4.78. The molecule has 0 aliphatic carbocycles. The van der Waals surface area contributed by atoms with Crippen molar-refractivity contribution in [3.63, 3.8) is 0 Å². The van der Waals surface area contributed by atoms with E-state index in [9.17, 15) is 4.79 Å². The molecule has 1 amide bonds. The van der Waals surface area contributed by atoms with Gasteiger partial charge in [-0.2, -0.15) is 4.98 Å². The zero-order valence-electron chi connectivity index (χ0n) is 18.0. The third kappa shape index (κ3) is 4.56. The van der Waals surface area contributed by atoms with E-state index >= 15 is 0 Å². The molecule has 0 radical (unpaired) electrons. The second-order valence-electron chi connectivity index (χ2n) is 6.92. The number of methoxy groups -OCH3 is 2. The number of imidazole rings is 1. The Morgan fingerprint density at radius 2 is 2.06 bits per heavy atom. The van der Waals surface area contributed by atoms with E-state index in [1.165, 1.54) is 11.3 Å². The van der Waals surface area contributed by atoms with Gasteiger partial charge in [-0.1, -0.05) is 12.1 Å². The second-order valence-corrected chi connectivity index (χ2v) is 7.92. The molecule has 4 rings (SSSR count). The van der Waals surface area contributed by atoms with E-state index in [2.05, 4.69) is 20.3 Å². The summed E-state index contributed by atoms with van der Waals surface area (Å²) in [5.41, 5.74) is 1.36. The van der Waals surface area contributed by atoms with Crippen molar-refractivity contribution >= 4 is 33.1 Å². The van der Waals surface area contributed by atoms with Gasteiger partial charge < -0.3 is 24.1 Å². The number of hydrogen-bond donors (Lipinski definition) is 1. The van der Waals surface area contributed by atoms with Gasteiger partial charge in [0.2, 0.25) is 5.88 Å². The highest BCUT2D eigenvalue weighted by atomic mass is 32.1. The number of ether oxygens (including phenoxy) is 3. The molecule has 3 heterocycles. The standard InChI is InChI=1S/C22H23N5O4S/c1-14-18-21(30-3)25-17(12-29-2)26-22(18)32-19(14)20(28)24-15-6-4-5-7-16(15)31-11-10-27-9-8-23-13-27/h4-9,13H,10-12H2,1-3H3,(H,24,28). The first-order valence-electron chi connectivity index (χ1n) is 9.92. The van der Waals surface area contributed by atoms with Gasteiger partial charge >= 0.3 is 0 Å². The molecule has 1 aromatic carbocycles. The fourth-order valence-corrected chi connectivity index (χ4v) is 4.34. The largest absolute Gasteiger partial charge is 0.490 e. The molecule has 0 bridgehead atoms. The van der Waals surface area contributed by atoms with Gasteiger partial charge in [0.1, 0.15) is 23.8 Å². The van der Waals surface area contributed by atoms with Crippen LogP contribution in [0.1, 0.15) is 21.1 Å². The lowest BCUT2D eigenvalue weighted by Crippen LogP contribution is -2.13. The number of nitrogens with one attached hydrogen (secondary N) is 1. The van der Waals surface area contributed by atoms with Crippen LogP contribution in [0.5, 0.6) is 11.6 Å². The zero-order valence-corrected chi connectivity index (χ0v) is 18.8. The third-order valence-corrected chi connectivity index (χ3v) is 5.96. The molecule has 0 unspecified atom stereocenters. The van der Waals surface area contributed by atoms with E-state index in [1.807, 2.05) is 42.0 Å². The number of amides is 1. The Kier molecular flexibility index (Phi) is 6.62. The first kappa shape index (κ1) is 21.7. The van der Waals surface area contributed by atoms with E-state index in [0.29, 0.717) is 46.0 Å². The van der Waals surface area contributed by atoms with Crippen molar-refractivity contribution in [1.29, 1.82) is 0 Å². The molecular weight excluding hydrogens is 430 g/mol. The number of thiophene rings is 1. The van der Waals surface area contributed by atoms with Crippen LogP contribution in [-0.2, 0) is 17.9 Å². The molecule has 10 heteroatoms. The Bertz CT molecular complexity index is 1220. The monoisotopic (exact) mass is 453 g/mol. The maximum absolute atomic E-state index is 13.1. The number of benzene rings is 1. The van der Waals surface area contributed by atoms with Crippen LogP contribution in [-0.4, -0.2) is 46.3 Å². The highest BCUT2D eigenvalue weighted by Gasteiger charge is 2.22. The summed E-state index contributed by atoms with van der Waals surface area (Å²) >= 11 is 1.29. The Balaban J connectivity index is 1.56. The van der Waals surface area contributed by atoms with Crippen molar-refractivity contribution in [2.75, 3.05) is 26.1 Å². The number of para-hydroxylation sites is 2. The lowest BCUT2D eigenvalue weighted by Gasteiger charge is -2.12. The number of aryl methyl sites for hydroxylation is 1. The summed E-state index contributed by atoms with van der Waals surface area (Å²) in [5.74, 6) is 1.28. The van der Waals surface area contributed by atoms with Gasteiger partial charge in [0.15, 0.2) is 5.82 Å². The van der Waals surface area contributed by atoms with Crippen LogP contribution in [0.4, 0.5) is 5.69 Å². The molecule has 9 nitrogen and oxygen atoms in total. The number of anilines is 1. The van der Waals surface area contributed by atoms with Crippen molar-refractivity contribution in [3.8, 4) is 11.6 Å². The molecule has 0 atom stereocenters. The molecule has 0 aliphatic heterocycles. The normalized spacial score (nSPS) is 11.0. The van der Waals surface area contributed by atoms with Crippen LogP contribution < -0.4 is 14.8 Å². The highest BCUT2D eigenvalue weighted by molar-refractivity contribution is 7.20. The Labute approximate surface area is 189 Å². The first-order chi connectivity index (χ1) is 15.6. The lowest BCUT2D eigenvalue weighted by atomic mass is 10.2. The predicted molar refractivity (Wildman–Crippen MR) is 122 cm³/mol. The maximum Gasteiger partial charge on any atom is 0.266 e. The predicted octanol–water partition coefficient (Wildman–Crippen LogP) is 3.68. The van der Waals surface area contributed by atoms with E-state index in [0.717, 1.165) is 10.9 Å². The quantitative estimate of drug-likeness (QED) is 0.413. The summed E-state index contributed by atoms with van der Waals surface area (Å²) in [5, 5.41) is 3.69. The van der Waals surface area contributed by atoms with Crippen LogP contribution >= 0.6 is 11.3 Å². The molecule has 4 aromatic rings. The van der Waals surface area contributed by atoms with Crippen LogP contribution in [0.2, 0.25) is 0 Å². The smallest absolute Gasteiger partial charge is 0.266 e. The van der Waals surface area contributed by atoms with Gasteiger partial charge in [-0.15, -0.1) is 11.3 Å². The fourth-order valence-electron chi connectivity index (χ4n) is 3.26. The van der Waals surface area contributed by atoms with Crippen LogP contribution in [0, 0.1) is 6.92 Å². The van der Waals surface area contributed by atoms with Crippen molar-refractivity contribution in [2.45, 2.75) is 20.1 Å². The van der Waals surface area contributed by atoms with Crippen molar-refractivity contribution in [1.82, 2.24) is 19.5 Å². The Hall–Kier alpha value is -3.50. The van der Waals surface area contributed by atoms with E-state index in [-0.39, 0.29) is 12.5 Å². The molecule has 0 spiro atoms. The number of carbonyl (C=O) groups excluding carboxylic acids is 1. The summed E-state index contributed by atoms with van der Waals surface area (Å²) < 4.78 is 18.4. The second kappa shape index (κ2) is 9.75. The van der Waals surface area contributed by atoms with Crippen LogP contribution in [0.15, 0.2) is 43.0 Å². The Morgan fingerprint density at radius 1 is 1.22 bits per heavy atom. The summed E-state index contributed by atoms with van der Waals surface area (Å²) in [7, 11) is 3.13. The highest BCUT2D eigenvalue weighted by Crippen LogP contribution is 2.36. The molecule has 166 valence electrons. The number of fused-ring (bicyclic) bond motifs is 1. The zero-order chi connectivity index (χ0) is 22.5. The summed E-state index contributed by atoms with van der Waals surface area (Å²) in [6.07, 6.45) is 5.33. The Morgan fingerprint density at radius 3 is 2.81 bits per heavy atom. The van der Waals surface area contributed by atoms with Gasteiger partial charge in [0.25, 0.3) is 5.91 Å². The molecule has 32 heavy (non-hydrogen) atoms. The maximum atomic E-state index is 13.1. The van der Waals surface area contributed by atoms with Gasteiger partial charge in [0.05, 0.1) is 35.9 Å². The average Bonchev–Trinajstić information content (AvgIpc) is 3.42. The minimum atomic E-state index is -0.244. The molecule has 0 fully saturated rings. The number of rotatable bonds is 9. The van der Waals surface area contributed by atoms with Crippen LogP contribution in [0.3, 0.4) is 0 Å². The molecule has 0 aliphatic rings. The summed E-state index contributed by atoms with van der Waals surface area (Å²) in [4.78, 5) is 27.3. The minimum absolute atomic E-state index is 0.244. The average molecular weight is 454 g/mol. The summed E-state index contributed by atoms with van der Waals surface area (Å²) in [6, 6.07) is 7.35. The summed E-state index contributed by atoms with van der Waals surface area (Å²) in [6.45, 7) is 3.22. The molecule has 1 N–H and O–H groups in total. The number of carbonyl (C=O) groups is 1. The van der Waals surface area contributed by atoms with Gasteiger partial charge in [0, 0.05) is 19.5 Å². The van der Waals surface area contributed by atoms with Gasteiger partial charge in [-0.05, 0) is 24.6 Å². The van der Waals surface area contributed by atoms with E-state index < -0.39 is 0 Å². The number of hydrogen-bond acceptors (Lipinski definition) is 8. The molecule has 0 saturated carbocycles. The van der Waals surface area contributed by atoms with Crippen LogP contribution in [0.25, 0.3) is 10.2 Å². The van der Waals surface area contributed by atoms with E-state index in [1.54, 1.807) is 26.7 Å².